The maximum atomic E-state index is 12.9. The number of furan rings is 1. The minimum atomic E-state index is -0.878. The molecule has 228 valence electrons. The zero-order chi connectivity index (χ0) is 32.4. The molecule has 7 aromatic carbocycles. The van der Waals surface area contributed by atoms with Gasteiger partial charge >= 0.3 is 0 Å². The molecule has 0 radical (unpaired) electrons. The maximum absolute atomic E-state index is 12.9. The van der Waals surface area contributed by atoms with Crippen LogP contribution in [0.25, 0.3) is 55.3 Å². The van der Waals surface area contributed by atoms with Crippen LogP contribution < -0.4 is 0 Å². The van der Waals surface area contributed by atoms with Crippen LogP contribution in [0, 0.1) is 10.1 Å². The smallest absolute Gasteiger partial charge is 0.277 e. The van der Waals surface area contributed by atoms with Gasteiger partial charge in [-0.3, -0.25) is 10.1 Å². The predicted molar refractivity (Wildman–Crippen MR) is 194 cm³/mol. The second kappa shape index (κ2) is 10.8. The lowest BCUT2D eigenvalue weighted by Gasteiger charge is -2.35. The Kier molecular flexibility index (Phi) is 6.36. The van der Waals surface area contributed by atoms with Gasteiger partial charge < -0.3 is 4.42 Å². The van der Waals surface area contributed by atoms with Gasteiger partial charge in [-0.1, -0.05) is 127 Å². The normalized spacial score (nSPS) is 13.0. The lowest BCUT2D eigenvalue weighted by Crippen LogP contribution is -2.29. The first kappa shape index (κ1) is 28.3. The molecule has 0 spiro atoms. The number of hydrogen-bond donors (Lipinski definition) is 0. The molecule has 0 unspecified atom stereocenters. The molecule has 0 bridgehead atoms. The van der Waals surface area contributed by atoms with Crippen molar-refractivity contribution in [2.24, 2.45) is 0 Å². The number of benzene rings is 7. The molecule has 8 aromatic rings. The fourth-order valence-electron chi connectivity index (χ4n) is 7.76. The fraction of sp³-hybridized carbons (Fsp3) is 0.0233. The van der Waals surface area contributed by atoms with Crippen LogP contribution in [0.4, 0.5) is 5.69 Å². The summed E-state index contributed by atoms with van der Waals surface area (Å²) in [5, 5.41) is 15.4. The number of para-hydroxylation sites is 1. The van der Waals surface area contributed by atoms with Crippen molar-refractivity contribution in [2.45, 2.75) is 5.41 Å². The van der Waals surface area contributed by atoms with E-state index in [0.29, 0.717) is 10.6 Å². The summed E-state index contributed by atoms with van der Waals surface area (Å²) in [6.45, 7) is 0. The Balaban J connectivity index is 1.54. The summed E-state index contributed by atoms with van der Waals surface area (Å²) < 4.78 is 6.74. The second-order valence-electron chi connectivity index (χ2n) is 12.2. The molecule has 1 aliphatic rings. The Bertz CT molecular complexity index is 2500. The van der Waals surface area contributed by atoms with Crippen LogP contribution in [0.5, 0.6) is 0 Å². The zero-order valence-electron chi connectivity index (χ0n) is 25.6. The number of nitro benzene ring substituents is 1. The largest absolute Gasteiger partial charge is 0.455 e. The number of fused-ring (bicyclic) bond motifs is 7. The van der Waals surface area contributed by atoms with E-state index in [-0.39, 0.29) is 10.6 Å². The Hall–Kier alpha value is -5.97. The Morgan fingerprint density at radius 2 is 1.23 bits per heavy atom. The molecule has 1 aliphatic carbocycles. The fourth-order valence-corrected chi connectivity index (χ4v) is 7.93. The summed E-state index contributed by atoms with van der Waals surface area (Å²) in [5.41, 5.74) is 9.72. The van der Waals surface area contributed by atoms with Crippen LogP contribution >= 0.6 is 11.6 Å². The lowest BCUT2D eigenvalue weighted by molar-refractivity contribution is -0.384. The minimum Gasteiger partial charge on any atom is -0.455 e. The highest BCUT2D eigenvalue weighted by molar-refractivity contribution is 6.31. The van der Waals surface area contributed by atoms with Crippen molar-refractivity contribution in [2.75, 3.05) is 0 Å². The van der Waals surface area contributed by atoms with Gasteiger partial charge in [0.25, 0.3) is 5.69 Å². The van der Waals surface area contributed by atoms with Crippen molar-refractivity contribution in [3.8, 4) is 33.4 Å². The first-order valence-electron chi connectivity index (χ1n) is 15.8. The van der Waals surface area contributed by atoms with Crippen LogP contribution in [0.2, 0.25) is 5.02 Å². The predicted octanol–water partition coefficient (Wildman–Crippen LogP) is 11.8. The van der Waals surface area contributed by atoms with Gasteiger partial charge in [0.1, 0.15) is 11.2 Å². The molecule has 0 saturated heterocycles. The summed E-state index contributed by atoms with van der Waals surface area (Å²) in [7, 11) is 0. The van der Waals surface area contributed by atoms with E-state index in [1.54, 1.807) is 6.07 Å². The van der Waals surface area contributed by atoms with E-state index in [9.17, 15) is 10.1 Å². The van der Waals surface area contributed by atoms with E-state index in [1.165, 1.54) is 0 Å². The number of hydrogen-bond acceptors (Lipinski definition) is 3. The summed E-state index contributed by atoms with van der Waals surface area (Å²) in [5.74, 6) is 0. The molecule has 4 nitrogen and oxygen atoms in total. The van der Waals surface area contributed by atoms with E-state index >= 15 is 0 Å². The summed E-state index contributed by atoms with van der Waals surface area (Å²) in [6.07, 6.45) is 0. The molecule has 0 amide bonds. The molecule has 0 aliphatic heterocycles. The van der Waals surface area contributed by atoms with Crippen LogP contribution in [0.1, 0.15) is 22.3 Å². The Morgan fingerprint density at radius 1 is 0.583 bits per heavy atom. The van der Waals surface area contributed by atoms with E-state index in [2.05, 4.69) is 36.4 Å². The van der Waals surface area contributed by atoms with Gasteiger partial charge in [0, 0.05) is 27.4 Å². The average molecular weight is 640 g/mol. The average Bonchev–Trinajstić information content (AvgIpc) is 3.66. The molecular formula is C43H26ClNO3. The highest BCUT2D eigenvalue weighted by Crippen LogP contribution is 2.62. The zero-order valence-corrected chi connectivity index (χ0v) is 26.3. The second-order valence-corrected chi connectivity index (χ2v) is 12.6. The van der Waals surface area contributed by atoms with Crippen molar-refractivity contribution >= 4 is 39.2 Å². The van der Waals surface area contributed by atoms with E-state index in [1.807, 2.05) is 115 Å². The number of halogens is 1. The van der Waals surface area contributed by atoms with Crippen molar-refractivity contribution in [1.82, 2.24) is 0 Å². The minimum absolute atomic E-state index is 0.0352. The van der Waals surface area contributed by atoms with Gasteiger partial charge in [-0.2, -0.15) is 0 Å². The standard InChI is InChI=1S/C43H26ClNO3/c44-31-21-22-33-37(25-31)43(29-14-6-2-7-15-29,30-16-8-3-9-17-30)41-35(26-36-32-18-10-11-19-39(32)48-42(36)40(33)41)34-24-28(20-23-38(34)45(46)47)27-12-4-1-5-13-27/h1-26H. The molecule has 0 N–H and O–H groups in total. The van der Waals surface area contributed by atoms with Crippen LogP contribution in [0.15, 0.2) is 162 Å². The summed E-state index contributed by atoms with van der Waals surface area (Å²) in [6, 6.07) is 52.2. The number of rotatable bonds is 5. The SMILES string of the molecule is O=[N+]([O-])c1ccc(-c2ccccc2)cc1-c1cc2c(oc3ccccc32)c2c1C(c1ccccc1)(c1ccccc1)c1cc(Cl)ccc1-2. The molecule has 5 heteroatoms. The Labute approximate surface area is 281 Å². The van der Waals surface area contributed by atoms with E-state index in [4.69, 9.17) is 16.0 Å². The van der Waals surface area contributed by atoms with Gasteiger partial charge in [0.05, 0.1) is 15.9 Å². The maximum Gasteiger partial charge on any atom is 0.277 e. The number of nitro groups is 1. The van der Waals surface area contributed by atoms with Crippen molar-refractivity contribution in [3.63, 3.8) is 0 Å². The molecule has 0 saturated carbocycles. The van der Waals surface area contributed by atoms with Crippen molar-refractivity contribution in [1.29, 1.82) is 0 Å². The molecular weight excluding hydrogens is 614 g/mol. The van der Waals surface area contributed by atoms with Crippen LogP contribution in [-0.2, 0) is 5.41 Å². The van der Waals surface area contributed by atoms with Gasteiger partial charge in [0.15, 0.2) is 0 Å². The summed E-state index contributed by atoms with van der Waals surface area (Å²) >= 11 is 6.85. The van der Waals surface area contributed by atoms with Crippen molar-refractivity contribution in [3.05, 3.63) is 195 Å². The molecule has 1 heterocycles. The van der Waals surface area contributed by atoms with Gasteiger partial charge in [-0.15, -0.1) is 0 Å². The first-order valence-corrected chi connectivity index (χ1v) is 16.2. The highest BCUT2D eigenvalue weighted by Gasteiger charge is 2.49. The quantitative estimate of drug-likeness (QED) is 0.139. The highest BCUT2D eigenvalue weighted by atomic mass is 35.5. The third-order valence-electron chi connectivity index (χ3n) is 9.70. The van der Waals surface area contributed by atoms with Crippen LogP contribution in [-0.4, -0.2) is 4.92 Å². The van der Waals surface area contributed by atoms with Crippen LogP contribution in [0.3, 0.4) is 0 Å². The van der Waals surface area contributed by atoms with E-state index < -0.39 is 5.41 Å². The third kappa shape index (κ3) is 4.03. The number of nitrogens with zero attached hydrogens (tertiary/aromatic N) is 1. The first-order chi connectivity index (χ1) is 23.6. The molecule has 0 atom stereocenters. The van der Waals surface area contributed by atoms with Gasteiger partial charge in [0.2, 0.25) is 0 Å². The third-order valence-corrected chi connectivity index (χ3v) is 9.94. The molecule has 48 heavy (non-hydrogen) atoms. The topological polar surface area (TPSA) is 56.3 Å². The van der Waals surface area contributed by atoms with Gasteiger partial charge in [-0.25, -0.2) is 0 Å². The monoisotopic (exact) mass is 639 g/mol. The molecule has 0 fully saturated rings. The Morgan fingerprint density at radius 3 is 1.92 bits per heavy atom. The summed E-state index contributed by atoms with van der Waals surface area (Å²) in [4.78, 5) is 12.6. The lowest BCUT2D eigenvalue weighted by atomic mass is 9.66. The van der Waals surface area contributed by atoms with E-state index in [0.717, 1.165) is 72.0 Å². The molecule has 9 rings (SSSR count). The molecule has 1 aromatic heterocycles. The van der Waals surface area contributed by atoms with Gasteiger partial charge in [-0.05, 0) is 80.9 Å². The van der Waals surface area contributed by atoms with Crippen molar-refractivity contribution < 1.29 is 9.34 Å².